The van der Waals surface area contributed by atoms with Crippen LogP contribution in [0, 0.1) is 18.1 Å². The monoisotopic (exact) mass is 880 g/mol. The second kappa shape index (κ2) is 14.2. The van der Waals surface area contributed by atoms with Crippen molar-refractivity contribution in [3.8, 4) is 22.5 Å². The van der Waals surface area contributed by atoms with Crippen LogP contribution >= 0.6 is 0 Å². The molecule has 1 radical (unpaired) electrons. The smallest absolute Gasteiger partial charge is 0.0160 e. The molecule has 249 valence electrons. The van der Waals surface area contributed by atoms with Gasteiger partial charge < -0.3 is 4.98 Å². The third-order valence-corrected chi connectivity index (χ3v) is 13.6. The minimum absolute atomic E-state index is 0. The first-order chi connectivity index (χ1) is 23.1. The van der Waals surface area contributed by atoms with Crippen LogP contribution in [0.3, 0.4) is 0 Å². The molecule has 0 atom stereocenters. The average molecular weight is 879 g/mol. The van der Waals surface area contributed by atoms with E-state index in [1.54, 1.807) is 6.20 Å². The Morgan fingerprint density at radius 2 is 1.45 bits per heavy atom. The molecule has 49 heavy (non-hydrogen) atoms. The van der Waals surface area contributed by atoms with Crippen molar-refractivity contribution in [2.45, 2.75) is 57.3 Å². The third-order valence-electron chi connectivity index (χ3n) is 9.23. The molecule has 0 N–H and O–H groups in total. The molecule has 0 aliphatic carbocycles. The van der Waals surface area contributed by atoms with Crippen LogP contribution in [0.1, 0.15) is 44.7 Å². The molecule has 0 unspecified atom stereocenters. The summed E-state index contributed by atoms with van der Waals surface area (Å²) in [6.07, 6.45) is 5.09. The van der Waals surface area contributed by atoms with Crippen LogP contribution in [0.2, 0.25) is 17.3 Å². The van der Waals surface area contributed by atoms with Gasteiger partial charge in [0.1, 0.15) is 0 Å². The molecule has 4 aromatic heterocycles. The first-order valence-corrected chi connectivity index (χ1v) is 24.5. The van der Waals surface area contributed by atoms with Crippen molar-refractivity contribution < 1.29 is 20.1 Å². The van der Waals surface area contributed by atoms with E-state index >= 15 is 0 Å². The van der Waals surface area contributed by atoms with Crippen LogP contribution in [-0.4, -0.2) is 27.6 Å². The van der Waals surface area contributed by atoms with Crippen molar-refractivity contribution in [2.24, 2.45) is 5.92 Å². The summed E-state index contributed by atoms with van der Waals surface area (Å²) in [4.78, 5) is 9.27. The summed E-state index contributed by atoms with van der Waals surface area (Å²) in [7, 11) is 0. The van der Waals surface area contributed by atoms with Crippen LogP contribution in [0.5, 0.6) is 0 Å². The maximum Gasteiger partial charge on any atom is 0.0160 e. The molecule has 0 bridgehead atoms. The van der Waals surface area contributed by atoms with E-state index in [1.165, 1.54) is 53.6 Å². The quantitative estimate of drug-likeness (QED) is 0.123. The molecule has 8 aromatic rings. The van der Waals surface area contributed by atoms with Gasteiger partial charge in [0.2, 0.25) is 0 Å². The molecule has 0 aliphatic rings. The summed E-state index contributed by atoms with van der Waals surface area (Å²) >= 11 is -2.03. The Labute approximate surface area is 306 Å². The van der Waals surface area contributed by atoms with Crippen molar-refractivity contribution in [1.82, 2.24) is 14.4 Å². The van der Waals surface area contributed by atoms with E-state index in [0.717, 1.165) is 28.9 Å². The van der Waals surface area contributed by atoms with Crippen LogP contribution in [-0.2, 0) is 26.5 Å². The fourth-order valence-corrected chi connectivity index (χ4v) is 10.4. The number of hydrogen-bond donors (Lipinski definition) is 0. The first-order valence-electron chi connectivity index (χ1n) is 17.1. The summed E-state index contributed by atoms with van der Waals surface area (Å²) in [5, 5.41) is 5.14. The molecule has 0 spiro atoms. The zero-order valence-electron chi connectivity index (χ0n) is 29.4. The number of aromatic nitrogens is 3. The Morgan fingerprint density at radius 1 is 0.714 bits per heavy atom. The molecular formula is C44H43GeIrN3-2. The first kappa shape index (κ1) is 35.0. The van der Waals surface area contributed by atoms with Crippen molar-refractivity contribution in [3.05, 3.63) is 133 Å². The molecule has 0 saturated heterocycles. The van der Waals surface area contributed by atoms with Gasteiger partial charge >= 0.3 is 212 Å². The Balaban J connectivity index is 0.000000270. The van der Waals surface area contributed by atoms with E-state index in [-0.39, 0.29) is 20.1 Å². The number of nitrogens with zero attached hydrogens (tertiary/aromatic N) is 3. The molecule has 0 saturated carbocycles. The van der Waals surface area contributed by atoms with Gasteiger partial charge in [-0.2, -0.15) is 0 Å². The fourth-order valence-electron chi connectivity index (χ4n) is 7.07. The van der Waals surface area contributed by atoms with Gasteiger partial charge in [-0.1, -0.05) is 18.2 Å². The van der Waals surface area contributed by atoms with Gasteiger partial charge in [-0.15, -0.1) is 35.9 Å². The van der Waals surface area contributed by atoms with Gasteiger partial charge in [-0.25, -0.2) is 0 Å². The number of benzene rings is 4. The summed E-state index contributed by atoms with van der Waals surface area (Å²) in [6, 6.07) is 40.9. The minimum Gasteiger partial charge on any atom is -0.305 e. The Morgan fingerprint density at radius 3 is 2.14 bits per heavy atom. The third kappa shape index (κ3) is 6.71. The van der Waals surface area contributed by atoms with Crippen molar-refractivity contribution in [1.29, 1.82) is 0 Å². The molecule has 8 rings (SSSR count). The summed E-state index contributed by atoms with van der Waals surface area (Å²) < 4.78 is 4.02. The number of pyridine rings is 2. The molecule has 0 amide bonds. The maximum atomic E-state index is 5.05. The standard InChI is InChI=1S/C33H35GeN2.C11H8N.Ir/c1-20(2)15-22-18-30(35-19-29(22)34(5,6)7)23-16-27(21(3)4)33-28(17-23)26-13-10-12-25-24-11-8-9-14-31(24)36(33)32(25)26;1-2-6-10(7-3-1)11-8-4-5-9-12-11;/h8-14,16,18-21H,15H2,1-7H3;1-6,8-9H;/q2*-1;. The Bertz CT molecular complexity index is 2320. The van der Waals surface area contributed by atoms with E-state index in [0.29, 0.717) is 11.8 Å². The molecule has 0 aliphatic heterocycles. The van der Waals surface area contributed by atoms with Crippen LogP contribution in [0.25, 0.3) is 60.6 Å². The van der Waals surface area contributed by atoms with Crippen LogP contribution in [0.15, 0.2) is 109 Å². The summed E-state index contributed by atoms with van der Waals surface area (Å²) in [5.41, 5.74) is 10.9. The van der Waals surface area contributed by atoms with Gasteiger partial charge in [-0.3, -0.25) is 0 Å². The second-order valence-electron chi connectivity index (χ2n) is 14.6. The van der Waals surface area contributed by atoms with Gasteiger partial charge in [-0.05, 0) is 11.8 Å². The number of para-hydroxylation sites is 2. The predicted molar refractivity (Wildman–Crippen MR) is 207 cm³/mol. The molecule has 4 aromatic carbocycles. The largest absolute Gasteiger partial charge is 0.305 e. The van der Waals surface area contributed by atoms with Gasteiger partial charge in [0, 0.05) is 26.3 Å². The van der Waals surface area contributed by atoms with E-state index < -0.39 is 13.3 Å². The zero-order chi connectivity index (χ0) is 33.6. The Hall–Kier alpha value is -3.83. The average Bonchev–Trinajstić information content (AvgIpc) is 3.60. The minimum atomic E-state index is -2.03. The predicted octanol–water partition coefficient (Wildman–Crippen LogP) is 11.1. The van der Waals surface area contributed by atoms with Gasteiger partial charge in [0.05, 0.1) is 0 Å². The molecule has 5 heteroatoms. The van der Waals surface area contributed by atoms with Crippen LogP contribution < -0.4 is 4.40 Å². The van der Waals surface area contributed by atoms with Crippen LogP contribution in [0.4, 0.5) is 0 Å². The van der Waals surface area contributed by atoms with E-state index in [9.17, 15) is 0 Å². The van der Waals surface area contributed by atoms with E-state index in [2.05, 4.69) is 127 Å². The summed E-state index contributed by atoms with van der Waals surface area (Å²) in [6.45, 7) is 9.24. The number of fused-ring (bicyclic) bond motifs is 6. The Kier molecular flexibility index (Phi) is 10.1. The SMILES string of the molecule is CC(C)Cc1cc(-c2[c-]c3c4cccc5c6ccccc6n(c3c(C(C)C)c2)c45)nc[c]1[Ge]([CH3])([CH3])[CH3].[Ir].[c-]1ccccc1-c1ccccn1. The normalized spacial score (nSPS) is 11.9. The van der Waals surface area contributed by atoms with E-state index in [4.69, 9.17) is 4.98 Å². The summed E-state index contributed by atoms with van der Waals surface area (Å²) in [5.74, 6) is 8.42. The number of rotatable bonds is 6. The van der Waals surface area contributed by atoms with Crippen molar-refractivity contribution >= 4 is 55.8 Å². The molecular weight excluding hydrogens is 835 g/mol. The fraction of sp³-hybridized carbons (Fsp3) is 0.227. The van der Waals surface area contributed by atoms with Gasteiger partial charge in [0.15, 0.2) is 0 Å². The van der Waals surface area contributed by atoms with Crippen molar-refractivity contribution in [2.75, 3.05) is 0 Å². The molecule has 0 fully saturated rings. The maximum absolute atomic E-state index is 5.05. The molecule has 4 heterocycles. The zero-order valence-corrected chi connectivity index (χ0v) is 33.9. The van der Waals surface area contributed by atoms with Gasteiger partial charge in [0.25, 0.3) is 0 Å². The second-order valence-corrected chi connectivity index (χ2v) is 25.2. The molecule has 3 nitrogen and oxygen atoms in total. The van der Waals surface area contributed by atoms with Crippen molar-refractivity contribution in [3.63, 3.8) is 0 Å². The van der Waals surface area contributed by atoms with E-state index in [1.807, 2.05) is 42.5 Å². The topological polar surface area (TPSA) is 30.2 Å². The number of hydrogen-bond acceptors (Lipinski definition) is 2.